The van der Waals surface area contributed by atoms with Crippen molar-refractivity contribution in [3.8, 4) is 0 Å². The number of likely N-dealkylation sites (tertiary alicyclic amines) is 1. The lowest BCUT2D eigenvalue weighted by atomic mass is 9.95. The number of aromatic nitrogens is 3. The molecule has 2 heterocycles. The van der Waals surface area contributed by atoms with Gasteiger partial charge in [-0.15, -0.1) is 0 Å². The van der Waals surface area contributed by atoms with E-state index < -0.39 is 0 Å². The van der Waals surface area contributed by atoms with Gasteiger partial charge >= 0.3 is 11.7 Å². The van der Waals surface area contributed by atoms with Crippen LogP contribution in [0.25, 0.3) is 0 Å². The van der Waals surface area contributed by atoms with Gasteiger partial charge in [-0.25, -0.2) is 14.3 Å². The Morgan fingerprint density at radius 1 is 1.12 bits per heavy atom. The molecule has 0 atom stereocenters. The van der Waals surface area contributed by atoms with E-state index in [1.807, 2.05) is 30.2 Å². The highest BCUT2D eigenvalue weighted by Crippen LogP contribution is 2.33. The van der Waals surface area contributed by atoms with E-state index in [2.05, 4.69) is 10.4 Å². The quantitative estimate of drug-likeness (QED) is 0.891. The van der Waals surface area contributed by atoms with Crippen LogP contribution in [0.4, 0.5) is 4.79 Å². The highest BCUT2D eigenvalue weighted by Gasteiger charge is 2.32. The van der Waals surface area contributed by atoms with Crippen LogP contribution < -0.4 is 11.0 Å². The summed E-state index contributed by atoms with van der Waals surface area (Å²) in [5.41, 5.74) is -0.215. The lowest BCUT2D eigenvalue weighted by Gasteiger charge is -2.34. The molecule has 25 heavy (non-hydrogen) atoms. The highest BCUT2D eigenvalue weighted by atomic mass is 16.2. The highest BCUT2D eigenvalue weighted by molar-refractivity contribution is 5.75. The molecule has 1 aliphatic heterocycles. The Kier molecular flexibility index (Phi) is 4.93. The second-order valence-electron chi connectivity index (χ2n) is 8.51. The van der Waals surface area contributed by atoms with Crippen LogP contribution in [0, 0.1) is 0 Å². The maximum Gasteiger partial charge on any atom is 0.345 e. The molecule has 1 aliphatic carbocycles. The molecule has 1 N–H and O–H groups in total. The summed E-state index contributed by atoms with van der Waals surface area (Å²) in [5, 5.41) is 7.58. The third-order valence-electron chi connectivity index (χ3n) is 5.30. The standard InChI is InChI=1S/C18H31N5O2/c1-18(2,3)19-16(24)22-11-9-13(10-12-22)15-20-21(4)17(25)23(15)14-7-5-6-8-14/h13-14H,5-12H2,1-4H3,(H,19,24). The minimum Gasteiger partial charge on any atom is -0.333 e. The minimum atomic E-state index is -0.224. The summed E-state index contributed by atoms with van der Waals surface area (Å²) in [6, 6.07) is 0.304. The van der Waals surface area contributed by atoms with E-state index in [4.69, 9.17) is 0 Å². The Labute approximate surface area is 149 Å². The number of aryl methyl sites for hydroxylation is 1. The maximum atomic E-state index is 12.5. The van der Waals surface area contributed by atoms with E-state index in [-0.39, 0.29) is 23.2 Å². The number of rotatable bonds is 2. The Balaban J connectivity index is 1.70. The molecule has 1 saturated carbocycles. The van der Waals surface area contributed by atoms with E-state index in [0.29, 0.717) is 19.1 Å². The fraction of sp³-hybridized carbons (Fsp3) is 0.833. The van der Waals surface area contributed by atoms with E-state index in [9.17, 15) is 9.59 Å². The van der Waals surface area contributed by atoms with E-state index in [1.165, 1.54) is 17.5 Å². The van der Waals surface area contributed by atoms with Crippen molar-refractivity contribution in [1.82, 2.24) is 24.6 Å². The van der Waals surface area contributed by atoms with Crippen molar-refractivity contribution in [2.45, 2.75) is 76.8 Å². The summed E-state index contributed by atoms with van der Waals surface area (Å²) in [7, 11) is 1.74. The van der Waals surface area contributed by atoms with Gasteiger partial charge in [-0.1, -0.05) is 12.8 Å². The first-order valence-electron chi connectivity index (χ1n) is 9.49. The molecule has 0 radical (unpaired) electrons. The SMILES string of the molecule is Cn1nc(C2CCN(C(=O)NC(C)(C)C)CC2)n(C2CCCC2)c1=O. The number of carbonyl (C=O) groups excluding carboxylic acids is 1. The Hall–Kier alpha value is -1.79. The van der Waals surface area contributed by atoms with Crippen molar-refractivity contribution in [1.29, 1.82) is 0 Å². The Morgan fingerprint density at radius 2 is 1.72 bits per heavy atom. The van der Waals surface area contributed by atoms with Gasteiger partial charge in [-0.2, -0.15) is 5.10 Å². The van der Waals surface area contributed by atoms with Crippen LogP contribution in [0.15, 0.2) is 4.79 Å². The zero-order valence-electron chi connectivity index (χ0n) is 15.9. The smallest absolute Gasteiger partial charge is 0.333 e. The van der Waals surface area contributed by atoms with Crippen molar-refractivity contribution in [3.63, 3.8) is 0 Å². The number of nitrogens with one attached hydrogen (secondary N) is 1. The molecule has 140 valence electrons. The second-order valence-corrected chi connectivity index (χ2v) is 8.51. The first-order chi connectivity index (χ1) is 11.8. The van der Waals surface area contributed by atoms with Crippen molar-refractivity contribution >= 4 is 6.03 Å². The van der Waals surface area contributed by atoms with Crippen LogP contribution in [-0.2, 0) is 7.05 Å². The first-order valence-corrected chi connectivity index (χ1v) is 9.49. The third-order valence-corrected chi connectivity index (χ3v) is 5.30. The van der Waals surface area contributed by atoms with Gasteiger partial charge in [0.1, 0.15) is 5.82 Å². The lowest BCUT2D eigenvalue weighted by Crippen LogP contribution is -2.50. The van der Waals surface area contributed by atoms with E-state index >= 15 is 0 Å². The molecule has 3 rings (SSSR count). The van der Waals surface area contributed by atoms with Gasteiger partial charge in [-0.05, 0) is 46.5 Å². The summed E-state index contributed by atoms with van der Waals surface area (Å²) in [6.07, 6.45) is 6.26. The number of carbonyl (C=O) groups is 1. The second kappa shape index (κ2) is 6.84. The number of piperidine rings is 1. The van der Waals surface area contributed by atoms with Crippen molar-refractivity contribution in [3.05, 3.63) is 16.3 Å². The van der Waals surface area contributed by atoms with Gasteiger partial charge < -0.3 is 10.2 Å². The van der Waals surface area contributed by atoms with Gasteiger partial charge in [0.05, 0.1) is 0 Å². The average molecular weight is 349 g/mol. The maximum absolute atomic E-state index is 12.5. The molecule has 7 heteroatoms. The van der Waals surface area contributed by atoms with Crippen LogP contribution in [0.5, 0.6) is 0 Å². The molecule has 7 nitrogen and oxygen atoms in total. The first kappa shape index (κ1) is 18.0. The third kappa shape index (κ3) is 3.90. The summed E-state index contributed by atoms with van der Waals surface area (Å²) >= 11 is 0. The van der Waals surface area contributed by atoms with Gasteiger partial charge in [0.25, 0.3) is 0 Å². The van der Waals surface area contributed by atoms with Gasteiger partial charge in [0.15, 0.2) is 0 Å². The normalized spacial score (nSPS) is 20.2. The van der Waals surface area contributed by atoms with Crippen LogP contribution in [-0.4, -0.2) is 43.9 Å². The summed E-state index contributed by atoms with van der Waals surface area (Å²) in [4.78, 5) is 26.7. The molecule has 0 aromatic carbocycles. The fourth-order valence-electron chi connectivity index (χ4n) is 4.02. The topological polar surface area (TPSA) is 72.2 Å². The fourth-order valence-corrected chi connectivity index (χ4v) is 4.02. The van der Waals surface area contributed by atoms with Crippen LogP contribution in [0.1, 0.15) is 77.1 Å². The number of hydrogen-bond donors (Lipinski definition) is 1. The molecular formula is C18H31N5O2. The zero-order chi connectivity index (χ0) is 18.2. The molecule has 1 aromatic heterocycles. The molecule has 0 bridgehead atoms. The zero-order valence-corrected chi connectivity index (χ0v) is 15.9. The number of nitrogens with zero attached hydrogens (tertiary/aromatic N) is 4. The molecule has 2 fully saturated rings. The van der Waals surface area contributed by atoms with Crippen molar-refractivity contribution in [2.75, 3.05) is 13.1 Å². The molecule has 2 aliphatic rings. The summed E-state index contributed by atoms with van der Waals surface area (Å²) in [5.74, 6) is 1.18. The van der Waals surface area contributed by atoms with Crippen LogP contribution in [0.3, 0.4) is 0 Å². The van der Waals surface area contributed by atoms with E-state index in [0.717, 1.165) is 31.5 Å². The molecule has 1 aromatic rings. The monoisotopic (exact) mass is 349 g/mol. The molecule has 1 saturated heterocycles. The lowest BCUT2D eigenvalue weighted by molar-refractivity contribution is 0.171. The van der Waals surface area contributed by atoms with Crippen molar-refractivity contribution < 1.29 is 4.79 Å². The Morgan fingerprint density at radius 3 is 2.28 bits per heavy atom. The van der Waals surface area contributed by atoms with E-state index in [1.54, 1.807) is 7.05 Å². The molecule has 0 unspecified atom stereocenters. The van der Waals surface area contributed by atoms with Gasteiger partial charge in [0.2, 0.25) is 0 Å². The number of urea groups is 1. The number of amides is 2. The number of hydrogen-bond acceptors (Lipinski definition) is 3. The van der Waals surface area contributed by atoms with Crippen molar-refractivity contribution in [2.24, 2.45) is 7.05 Å². The predicted octanol–water partition coefficient (Wildman–Crippen LogP) is 2.38. The van der Waals surface area contributed by atoms with Crippen LogP contribution in [0.2, 0.25) is 0 Å². The summed E-state index contributed by atoms with van der Waals surface area (Å²) in [6.45, 7) is 7.40. The van der Waals surface area contributed by atoms with Gasteiger partial charge in [0, 0.05) is 37.6 Å². The molecule has 2 amide bonds. The minimum absolute atomic E-state index is 0.000143. The Bertz CT molecular complexity index is 671. The molecule has 0 spiro atoms. The average Bonchev–Trinajstić information content (AvgIpc) is 3.15. The summed E-state index contributed by atoms with van der Waals surface area (Å²) < 4.78 is 3.43. The predicted molar refractivity (Wildman–Crippen MR) is 96.8 cm³/mol. The molecular weight excluding hydrogens is 318 g/mol. The largest absolute Gasteiger partial charge is 0.345 e. The van der Waals surface area contributed by atoms with Gasteiger partial charge in [-0.3, -0.25) is 4.57 Å². The van der Waals surface area contributed by atoms with Crippen LogP contribution >= 0.6 is 0 Å².